The Balaban J connectivity index is 1.46. The topological polar surface area (TPSA) is 64.9 Å². The van der Waals surface area contributed by atoms with Crippen molar-refractivity contribution in [2.75, 3.05) is 44.4 Å². The van der Waals surface area contributed by atoms with Crippen molar-refractivity contribution in [3.8, 4) is 5.75 Å². The van der Waals surface area contributed by atoms with Crippen LogP contribution in [0.1, 0.15) is 36.8 Å². The van der Waals surface area contributed by atoms with E-state index < -0.39 is 0 Å². The first kappa shape index (κ1) is 20.1. The lowest BCUT2D eigenvalue weighted by atomic mass is 9.87. The lowest BCUT2D eigenvalue weighted by Gasteiger charge is -2.28. The fraction of sp³-hybridized carbons (Fsp3) is 0.455. The Morgan fingerprint density at radius 2 is 1.89 bits per heavy atom. The molecular weight excluding hydrogens is 354 g/mol. The molecule has 1 aromatic heterocycles. The largest absolute Gasteiger partial charge is 0.492 e. The van der Waals surface area contributed by atoms with Crippen LogP contribution in [0.4, 0.5) is 5.69 Å². The van der Waals surface area contributed by atoms with Gasteiger partial charge in [0.05, 0.1) is 19.8 Å². The monoisotopic (exact) mass is 384 g/mol. The first-order valence-corrected chi connectivity index (χ1v) is 9.79. The van der Waals surface area contributed by atoms with Crippen LogP contribution in [0.2, 0.25) is 0 Å². The number of hydrogen-bond acceptors (Lipinski definition) is 4. The number of nitrogens with one attached hydrogen (secondary N) is 2. The highest BCUT2D eigenvalue weighted by molar-refractivity contribution is 5.91. The molecule has 0 bridgehead atoms. The van der Waals surface area contributed by atoms with Crippen molar-refractivity contribution >= 4 is 11.6 Å². The minimum atomic E-state index is -0.137. The minimum Gasteiger partial charge on any atom is -0.492 e. The molecule has 6 heteroatoms. The molecule has 1 fully saturated rings. The zero-order chi connectivity index (χ0) is 20.0. The van der Waals surface area contributed by atoms with Gasteiger partial charge in [-0.3, -0.25) is 4.79 Å². The van der Waals surface area contributed by atoms with Crippen molar-refractivity contribution in [2.45, 2.75) is 26.2 Å². The van der Waals surface area contributed by atoms with Gasteiger partial charge in [-0.05, 0) is 23.1 Å². The molecule has 0 aliphatic carbocycles. The number of aromatic amines is 1. The summed E-state index contributed by atoms with van der Waals surface area (Å²) in [6, 6.07) is 12.0. The second-order valence-electron chi connectivity index (χ2n) is 7.94. The maximum absolute atomic E-state index is 12.4. The quantitative estimate of drug-likeness (QED) is 0.777. The molecule has 1 amide bonds. The van der Waals surface area contributed by atoms with Crippen molar-refractivity contribution in [3.63, 3.8) is 0 Å². The first-order valence-electron chi connectivity index (χ1n) is 9.79. The van der Waals surface area contributed by atoms with Crippen molar-refractivity contribution < 1.29 is 19.3 Å². The summed E-state index contributed by atoms with van der Waals surface area (Å²) in [7, 11) is 0. The van der Waals surface area contributed by atoms with Crippen LogP contribution in [-0.2, 0) is 10.2 Å². The first-order chi connectivity index (χ1) is 13.4. The van der Waals surface area contributed by atoms with Crippen LogP contribution in [0.3, 0.4) is 0 Å². The lowest BCUT2D eigenvalue weighted by Crippen LogP contribution is -2.37. The number of pyridine rings is 1. The molecule has 0 unspecified atom stereocenters. The predicted octanol–water partition coefficient (Wildman–Crippen LogP) is 2.44. The summed E-state index contributed by atoms with van der Waals surface area (Å²) in [5.74, 6) is 0.671. The zero-order valence-corrected chi connectivity index (χ0v) is 17.0. The molecule has 1 saturated heterocycles. The van der Waals surface area contributed by atoms with Crippen LogP contribution >= 0.6 is 0 Å². The van der Waals surface area contributed by atoms with Crippen LogP contribution in [0.5, 0.6) is 5.75 Å². The molecule has 2 aromatic rings. The molecule has 1 aromatic carbocycles. The van der Waals surface area contributed by atoms with Gasteiger partial charge in [0.2, 0.25) is 0 Å². The van der Waals surface area contributed by atoms with E-state index >= 15 is 0 Å². The molecule has 3 rings (SSSR count). The van der Waals surface area contributed by atoms with Gasteiger partial charge in [-0.25, -0.2) is 4.98 Å². The van der Waals surface area contributed by atoms with E-state index in [1.165, 1.54) is 5.56 Å². The van der Waals surface area contributed by atoms with Gasteiger partial charge in [0.25, 0.3) is 5.69 Å². The van der Waals surface area contributed by atoms with Crippen molar-refractivity contribution in [2.24, 2.45) is 0 Å². The van der Waals surface area contributed by atoms with Gasteiger partial charge < -0.3 is 19.7 Å². The number of carbonyl (C=O) groups is 1. The van der Waals surface area contributed by atoms with Gasteiger partial charge in [0.15, 0.2) is 6.20 Å². The molecule has 6 nitrogen and oxygen atoms in total. The Kier molecular flexibility index (Phi) is 6.52. The summed E-state index contributed by atoms with van der Waals surface area (Å²) in [5.41, 5.74) is 2.96. The van der Waals surface area contributed by atoms with Gasteiger partial charge in [-0.15, -0.1) is 0 Å². The smallest absolute Gasteiger partial charge is 0.316 e. The van der Waals surface area contributed by atoms with E-state index in [-0.39, 0.29) is 11.3 Å². The number of anilines is 1. The van der Waals surface area contributed by atoms with E-state index in [2.05, 4.69) is 48.1 Å². The molecule has 2 heterocycles. The normalized spacial score (nSPS) is 14.6. The number of ether oxygens (including phenoxy) is 2. The van der Waals surface area contributed by atoms with Crippen LogP contribution in [0.15, 0.2) is 42.6 Å². The van der Waals surface area contributed by atoms with E-state index in [1.54, 1.807) is 6.20 Å². The number of morpholine rings is 1. The molecule has 150 valence electrons. The second-order valence-corrected chi connectivity index (χ2v) is 7.94. The predicted molar refractivity (Wildman–Crippen MR) is 109 cm³/mol. The molecule has 0 radical (unpaired) electrons. The van der Waals surface area contributed by atoms with Crippen LogP contribution in [0, 0.1) is 0 Å². The number of aromatic nitrogens is 1. The molecule has 0 atom stereocenters. The third-order valence-electron chi connectivity index (χ3n) is 4.78. The van der Waals surface area contributed by atoms with E-state index in [1.807, 2.05) is 24.3 Å². The van der Waals surface area contributed by atoms with Gasteiger partial charge >= 0.3 is 5.91 Å². The Hall–Kier alpha value is -2.60. The fourth-order valence-electron chi connectivity index (χ4n) is 3.08. The summed E-state index contributed by atoms with van der Waals surface area (Å²) in [6.45, 7) is 10.5. The highest BCUT2D eigenvalue weighted by Gasteiger charge is 2.18. The number of hydrogen-bond donors (Lipinski definition) is 1. The van der Waals surface area contributed by atoms with E-state index in [0.717, 1.165) is 24.5 Å². The average Bonchev–Trinajstić information content (AvgIpc) is 2.71. The maximum Gasteiger partial charge on any atom is 0.316 e. The Bertz CT molecular complexity index is 778. The highest BCUT2D eigenvalue weighted by Crippen LogP contribution is 2.24. The average molecular weight is 385 g/mol. The third kappa shape index (κ3) is 5.45. The fourth-order valence-corrected chi connectivity index (χ4v) is 3.08. The van der Waals surface area contributed by atoms with Crippen LogP contribution in [-0.4, -0.2) is 45.4 Å². The summed E-state index contributed by atoms with van der Waals surface area (Å²) in [5, 5.41) is 2.90. The molecule has 0 saturated carbocycles. The van der Waals surface area contributed by atoms with Gasteiger partial charge in [-0.2, -0.15) is 0 Å². The van der Waals surface area contributed by atoms with Crippen LogP contribution in [0.25, 0.3) is 0 Å². The molecular formula is C22H30N3O3+. The van der Waals surface area contributed by atoms with E-state index in [0.29, 0.717) is 32.1 Å². The summed E-state index contributed by atoms with van der Waals surface area (Å²) in [4.78, 5) is 17.6. The molecule has 1 aliphatic heterocycles. The Labute approximate surface area is 166 Å². The van der Waals surface area contributed by atoms with Crippen molar-refractivity contribution in [3.05, 3.63) is 53.9 Å². The summed E-state index contributed by atoms with van der Waals surface area (Å²) >= 11 is 0. The number of carbonyl (C=O) groups excluding carboxylic acids is 1. The number of amides is 1. The number of nitrogens with zero attached hydrogens (tertiary/aromatic N) is 1. The maximum atomic E-state index is 12.4. The molecule has 2 N–H and O–H groups in total. The van der Waals surface area contributed by atoms with Gasteiger partial charge in [0.1, 0.15) is 12.4 Å². The highest BCUT2D eigenvalue weighted by atomic mass is 16.5. The third-order valence-corrected chi connectivity index (χ3v) is 4.78. The van der Waals surface area contributed by atoms with Crippen molar-refractivity contribution in [1.29, 1.82) is 0 Å². The standard InChI is InChI=1S/C22H29N3O3/c1-22(2,3)17-4-6-19(7-5-17)28-13-10-24-21(26)20-16-18(8-9-23-20)25-11-14-27-15-12-25/h4-9,16H,10-15H2,1-3H3,(H,24,26)/p+1. The molecule has 28 heavy (non-hydrogen) atoms. The van der Waals surface area contributed by atoms with Crippen LogP contribution < -0.4 is 19.9 Å². The number of rotatable bonds is 6. The van der Waals surface area contributed by atoms with E-state index in [4.69, 9.17) is 9.47 Å². The Morgan fingerprint density at radius 1 is 1.18 bits per heavy atom. The molecule has 1 aliphatic rings. The summed E-state index contributed by atoms with van der Waals surface area (Å²) in [6.07, 6.45) is 1.80. The van der Waals surface area contributed by atoms with E-state index in [9.17, 15) is 4.79 Å². The number of H-pyrrole nitrogens is 1. The van der Waals surface area contributed by atoms with Crippen molar-refractivity contribution in [1.82, 2.24) is 5.32 Å². The SMILES string of the molecule is CC(C)(C)c1ccc(OCCNC(=O)c2cc(N3CCOCC3)cc[nH+]2)cc1. The molecule has 0 spiro atoms. The van der Waals surface area contributed by atoms with Gasteiger partial charge in [-0.1, -0.05) is 32.9 Å². The zero-order valence-electron chi connectivity index (χ0n) is 17.0. The Morgan fingerprint density at radius 3 is 2.57 bits per heavy atom. The second kappa shape index (κ2) is 9.06. The summed E-state index contributed by atoms with van der Waals surface area (Å²) < 4.78 is 11.1. The van der Waals surface area contributed by atoms with Gasteiger partial charge in [0, 0.05) is 30.9 Å². The lowest BCUT2D eigenvalue weighted by molar-refractivity contribution is -0.382. The number of benzene rings is 1. The minimum absolute atomic E-state index is 0.124.